The van der Waals surface area contributed by atoms with Crippen LogP contribution in [0, 0.1) is 0 Å². The molecule has 0 atom stereocenters. The van der Waals surface area contributed by atoms with Gasteiger partial charge in [0.2, 0.25) is 5.91 Å². The number of nitrogens with one attached hydrogen (secondary N) is 1. The zero-order valence-electron chi connectivity index (χ0n) is 16.6. The molecule has 0 spiro atoms. The lowest BCUT2D eigenvalue weighted by atomic mass is 10.3. The van der Waals surface area contributed by atoms with Crippen LogP contribution in [0.1, 0.15) is 0 Å². The van der Waals surface area contributed by atoms with Crippen LogP contribution in [0.2, 0.25) is 0 Å². The molecule has 0 bridgehead atoms. The Hall–Kier alpha value is -3.52. The van der Waals surface area contributed by atoms with Crippen LogP contribution >= 0.6 is 0 Å². The molecule has 0 unspecified atom stereocenters. The minimum Gasteiger partial charge on any atom is -0.497 e. The molecule has 7 nitrogen and oxygen atoms in total. The Morgan fingerprint density at radius 3 is 2.17 bits per heavy atom. The van der Waals surface area contributed by atoms with E-state index in [1.165, 1.54) is 19.2 Å². The summed E-state index contributed by atoms with van der Waals surface area (Å²) in [4.78, 5) is 12.8. The number of rotatable bonds is 8. The summed E-state index contributed by atoms with van der Waals surface area (Å²) < 4.78 is 38.0. The summed E-state index contributed by atoms with van der Waals surface area (Å²) in [5.74, 6) is 0.650. The van der Waals surface area contributed by atoms with Gasteiger partial charge in [-0.3, -0.25) is 9.10 Å². The number of methoxy groups -OCH3 is 2. The average molecular weight is 426 g/mol. The maximum absolute atomic E-state index is 13.3. The lowest BCUT2D eigenvalue weighted by Gasteiger charge is -2.24. The Balaban J connectivity index is 1.91. The lowest BCUT2D eigenvalue weighted by molar-refractivity contribution is -0.114. The number of benzene rings is 3. The molecule has 0 saturated carbocycles. The van der Waals surface area contributed by atoms with E-state index in [-0.39, 0.29) is 4.90 Å². The van der Waals surface area contributed by atoms with Crippen molar-refractivity contribution < 1.29 is 22.7 Å². The fraction of sp³-hybridized carbons (Fsp3) is 0.136. The summed E-state index contributed by atoms with van der Waals surface area (Å²) >= 11 is 0. The monoisotopic (exact) mass is 426 g/mol. The van der Waals surface area contributed by atoms with Crippen molar-refractivity contribution >= 4 is 27.3 Å². The standard InChI is InChI=1S/C22H22N2O5S/c1-28-19-13-11-17(12-14-19)23-22(25)16-24(18-7-6-8-20(15-18)29-2)30(26,27)21-9-4-3-5-10-21/h3-15H,16H2,1-2H3,(H,23,25). The third-order valence-electron chi connectivity index (χ3n) is 4.33. The molecular weight excluding hydrogens is 404 g/mol. The van der Waals surface area contributed by atoms with Crippen molar-refractivity contribution in [1.29, 1.82) is 0 Å². The van der Waals surface area contributed by atoms with E-state index in [9.17, 15) is 13.2 Å². The second-order valence-electron chi connectivity index (χ2n) is 6.30. The molecule has 0 aromatic heterocycles. The molecule has 0 aliphatic rings. The predicted molar refractivity (Wildman–Crippen MR) is 116 cm³/mol. The highest BCUT2D eigenvalue weighted by atomic mass is 32.2. The number of ether oxygens (including phenoxy) is 2. The highest BCUT2D eigenvalue weighted by Gasteiger charge is 2.27. The van der Waals surface area contributed by atoms with Gasteiger partial charge in [-0.1, -0.05) is 24.3 Å². The summed E-state index contributed by atoms with van der Waals surface area (Å²) in [6, 6.07) is 21.3. The molecule has 8 heteroatoms. The van der Waals surface area contributed by atoms with Crippen LogP contribution in [0.25, 0.3) is 0 Å². The fourth-order valence-electron chi connectivity index (χ4n) is 2.81. The van der Waals surface area contributed by atoms with Gasteiger partial charge in [-0.05, 0) is 48.5 Å². The minimum atomic E-state index is -3.98. The van der Waals surface area contributed by atoms with Crippen LogP contribution in [0.3, 0.4) is 0 Å². The smallest absolute Gasteiger partial charge is 0.264 e. The third kappa shape index (κ3) is 4.90. The van der Waals surface area contributed by atoms with Gasteiger partial charge >= 0.3 is 0 Å². The van der Waals surface area contributed by atoms with Gasteiger partial charge in [0.05, 0.1) is 24.8 Å². The predicted octanol–water partition coefficient (Wildman–Crippen LogP) is 3.54. The van der Waals surface area contributed by atoms with Crippen LogP contribution in [0.5, 0.6) is 11.5 Å². The zero-order valence-corrected chi connectivity index (χ0v) is 17.4. The fourth-order valence-corrected chi connectivity index (χ4v) is 4.24. The van der Waals surface area contributed by atoms with Crippen molar-refractivity contribution in [3.8, 4) is 11.5 Å². The first kappa shape index (κ1) is 21.2. The van der Waals surface area contributed by atoms with Crippen molar-refractivity contribution in [3.05, 3.63) is 78.9 Å². The Morgan fingerprint density at radius 1 is 0.867 bits per heavy atom. The second kappa shape index (κ2) is 9.32. The number of sulfonamides is 1. The van der Waals surface area contributed by atoms with Crippen LogP contribution in [-0.4, -0.2) is 35.1 Å². The molecule has 0 saturated heterocycles. The molecule has 0 heterocycles. The maximum atomic E-state index is 13.3. The first-order chi connectivity index (χ1) is 14.4. The Bertz CT molecular complexity index is 1100. The molecule has 156 valence electrons. The van der Waals surface area contributed by atoms with E-state index in [0.29, 0.717) is 22.9 Å². The number of carbonyl (C=O) groups excluding carboxylic acids is 1. The van der Waals surface area contributed by atoms with E-state index in [1.807, 2.05) is 0 Å². The molecule has 3 rings (SSSR count). The van der Waals surface area contributed by atoms with Crippen molar-refractivity contribution in [2.45, 2.75) is 4.90 Å². The molecule has 0 radical (unpaired) electrons. The number of anilines is 2. The number of amides is 1. The van der Waals surface area contributed by atoms with E-state index >= 15 is 0 Å². The molecule has 1 N–H and O–H groups in total. The molecule has 0 fully saturated rings. The largest absolute Gasteiger partial charge is 0.497 e. The zero-order chi connectivity index (χ0) is 21.6. The van der Waals surface area contributed by atoms with Crippen LogP contribution in [0.4, 0.5) is 11.4 Å². The maximum Gasteiger partial charge on any atom is 0.264 e. The van der Waals surface area contributed by atoms with Crippen LogP contribution in [0.15, 0.2) is 83.8 Å². The van der Waals surface area contributed by atoms with E-state index in [4.69, 9.17) is 9.47 Å². The van der Waals surface area contributed by atoms with Crippen molar-refractivity contribution in [2.24, 2.45) is 0 Å². The number of nitrogens with zero attached hydrogens (tertiary/aromatic N) is 1. The Kier molecular flexibility index (Phi) is 6.58. The van der Waals surface area contributed by atoms with Gasteiger partial charge in [0.25, 0.3) is 10.0 Å². The minimum absolute atomic E-state index is 0.0880. The highest BCUT2D eigenvalue weighted by molar-refractivity contribution is 7.92. The van der Waals surface area contributed by atoms with Gasteiger partial charge in [0.1, 0.15) is 18.0 Å². The molecule has 0 aliphatic heterocycles. The highest BCUT2D eigenvalue weighted by Crippen LogP contribution is 2.27. The first-order valence-corrected chi connectivity index (χ1v) is 10.5. The third-order valence-corrected chi connectivity index (χ3v) is 6.12. The van der Waals surface area contributed by atoms with E-state index < -0.39 is 22.5 Å². The van der Waals surface area contributed by atoms with Crippen LogP contribution in [-0.2, 0) is 14.8 Å². The van der Waals surface area contributed by atoms with Gasteiger partial charge in [0.15, 0.2) is 0 Å². The SMILES string of the molecule is COc1ccc(NC(=O)CN(c2cccc(OC)c2)S(=O)(=O)c2ccccc2)cc1. The molecule has 0 aliphatic carbocycles. The van der Waals surface area contributed by atoms with Gasteiger partial charge in [-0.15, -0.1) is 0 Å². The topological polar surface area (TPSA) is 84.9 Å². The summed E-state index contributed by atoms with van der Waals surface area (Å²) in [7, 11) is -0.939. The molecular formula is C22H22N2O5S. The van der Waals surface area contributed by atoms with Crippen molar-refractivity contribution in [3.63, 3.8) is 0 Å². The number of hydrogen-bond donors (Lipinski definition) is 1. The van der Waals surface area contributed by atoms with E-state index in [1.54, 1.807) is 73.8 Å². The summed E-state index contributed by atoms with van der Waals surface area (Å²) in [6.45, 7) is -0.406. The van der Waals surface area contributed by atoms with E-state index in [0.717, 1.165) is 4.31 Å². The summed E-state index contributed by atoms with van der Waals surface area (Å²) in [5, 5.41) is 2.71. The second-order valence-corrected chi connectivity index (χ2v) is 8.17. The van der Waals surface area contributed by atoms with Crippen LogP contribution < -0.4 is 19.1 Å². The Labute approximate surface area is 175 Å². The average Bonchev–Trinajstić information content (AvgIpc) is 2.78. The summed E-state index contributed by atoms with van der Waals surface area (Å²) in [5.41, 5.74) is 0.853. The molecule has 30 heavy (non-hydrogen) atoms. The van der Waals surface area contributed by atoms with Gasteiger partial charge < -0.3 is 14.8 Å². The lowest BCUT2D eigenvalue weighted by Crippen LogP contribution is -2.38. The Morgan fingerprint density at radius 2 is 1.53 bits per heavy atom. The molecule has 3 aromatic carbocycles. The molecule has 3 aromatic rings. The molecule has 1 amide bonds. The quantitative estimate of drug-likeness (QED) is 0.596. The number of hydrogen-bond acceptors (Lipinski definition) is 5. The number of carbonyl (C=O) groups is 1. The van der Waals surface area contributed by atoms with E-state index in [2.05, 4.69) is 5.32 Å². The van der Waals surface area contributed by atoms with Crippen molar-refractivity contribution in [1.82, 2.24) is 0 Å². The summed E-state index contributed by atoms with van der Waals surface area (Å²) in [6.07, 6.45) is 0. The van der Waals surface area contributed by atoms with Crippen molar-refractivity contribution in [2.75, 3.05) is 30.4 Å². The normalized spacial score (nSPS) is 10.9. The van der Waals surface area contributed by atoms with Gasteiger partial charge in [0, 0.05) is 11.8 Å². The first-order valence-electron chi connectivity index (χ1n) is 9.10. The van der Waals surface area contributed by atoms with Gasteiger partial charge in [-0.25, -0.2) is 8.42 Å². The van der Waals surface area contributed by atoms with Gasteiger partial charge in [-0.2, -0.15) is 0 Å².